The smallest absolute Gasteiger partial charge is 0.118 e. The van der Waals surface area contributed by atoms with Gasteiger partial charge in [-0.3, -0.25) is 0 Å². The molecule has 2 nitrogen and oxygen atoms in total. The van der Waals surface area contributed by atoms with E-state index >= 15 is 0 Å². The minimum absolute atomic E-state index is 0.142. The van der Waals surface area contributed by atoms with E-state index in [0.29, 0.717) is 5.25 Å². The first-order valence-corrected chi connectivity index (χ1v) is 6.21. The van der Waals surface area contributed by atoms with E-state index in [4.69, 9.17) is 10.2 Å². The van der Waals surface area contributed by atoms with Crippen LogP contribution in [0.1, 0.15) is 37.7 Å². The zero-order chi connectivity index (χ0) is 10.4. The van der Waals surface area contributed by atoms with Crippen molar-refractivity contribution in [2.24, 2.45) is 5.73 Å². The van der Waals surface area contributed by atoms with Gasteiger partial charge in [0.1, 0.15) is 5.76 Å². The number of hydrogen-bond acceptors (Lipinski definition) is 3. The largest absolute Gasteiger partial charge is 0.468 e. The van der Waals surface area contributed by atoms with Gasteiger partial charge in [-0.1, -0.05) is 13.3 Å². The van der Waals surface area contributed by atoms with E-state index in [0.717, 1.165) is 11.5 Å². The quantitative estimate of drug-likeness (QED) is 0.738. The number of hydrogen-bond donors (Lipinski definition) is 1. The van der Waals surface area contributed by atoms with Gasteiger partial charge in [0.15, 0.2) is 0 Å². The van der Waals surface area contributed by atoms with Gasteiger partial charge in [0.05, 0.1) is 11.5 Å². The van der Waals surface area contributed by atoms with E-state index < -0.39 is 0 Å². The Morgan fingerprint density at radius 2 is 2.36 bits per heavy atom. The van der Waals surface area contributed by atoms with Gasteiger partial charge >= 0.3 is 0 Å². The topological polar surface area (TPSA) is 39.2 Å². The summed E-state index contributed by atoms with van der Waals surface area (Å²) < 4.78 is 5.39. The maximum absolute atomic E-state index is 5.93. The van der Waals surface area contributed by atoms with Gasteiger partial charge in [-0.05, 0) is 31.2 Å². The van der Waals surface area contributed by atoms with Crippen molar-refractivity contribution in [2.75, 3.05) is 5.75 Å². The molecule has 1 rings (SSSR count). The Labute approximate surface area is 90.2 Å². The fraction of sp³-hybridized carbons (Fsp3) is 0.636. The highest BCUT2D eigenvalue weighted by molar-refractivity contribution is 7.99. The first-order chi connectivity index (χ1) is 6.75. The molecule has 0 aliphatic carbocycles. The lowest BCUT2D eigenvalue weighted by Crippen LogP contribution is -2.22. The minimum atomic E-state index is 0.142. The lowest BCUT2D eigenvalue weighted by atomic mass is 10.2. The first kappa shape index (κ1) is 11.7. The molecule has 14 heavy (non-hydrogen) atoms. The summed E-state index contributed by atoms with van der Waals surface area (Å²) in [6.45, 7) is 4.24. The molecule has 0 saturated carbocycles. The number of thioether (sulfide) groups is 1. The van der Waals surface area contributed by atoms with Crippen LogP contribution in [0.4, 0.5) is 0 Å². The second kappa shape index (κ2) is 6.14. The normalized spacial score (nSPS) is 15.4. The summed E-state index contributed by atoms with van der Waals surface area (Å²) in [5.41, 5.74) is 5.93. The summed E-state index contributed by atoms with van der Waals surface area (Å²) in [5.74, 6) is 2.16. The number of nitrogens with two attached hydrogens (primary N) is 1. The summed E-state index contributed by atoms with van der Waals surface area (Å²) in [5, 5.41) is 0.302. The van der Waals surface area contributed by atoms with E-state index in [1.807, 2.05) is 30.8 Å². The van der Waals surface area contributed by atoms with Crippen molar-refractivity contribution in [1.29, 1.82) is 0 Å². The van der Waals surface area contributed by atoms with Crippen LogP contribution in [0.15, 0.2) is 22.8 Å². The molecule has 1 aromatic rings. The molecule has 2 N–H and O–H groups in total. The molecular formula is C11H19NOS. The molecule has 2 unspecified atom stereocenters. The van der Waals surface area contributed by atoms with Crippen molar-refractivity contribution < 1.29 is 4.42 Å². The Bertz CT molecular complexity index is 233. The molecular weight excluding hydrogens is 194 g/mol. The van der Waals surface area contributed by atoms with Crippen molar-refractivity contribution >= 4 is 11.8 Å². The molecule has 0 saturated heterocycles. The molecule has 0 radical (unpaired) electrons. The molecule has 0 amide bonds. The second-order valence-electron chi connectivity index (χ2n) is 3.52. The zero-order valence-corrected chi connectivity index (χ0v) is 9.72. The van der Waals surface area contributed by atoms with Crippen molar-refractivity contribution in [2.45, 2.75) is 38.0 Å². The Kier molecular flexibility index (Phi) is 5.12. The third kappa shape index (κ3) is 3.39. The van der Waals surface area contributed by atoms with E-state index in [2.05, 4.69) is 6.92 Å². The molecule has 0 bridgehead atoms. The van der Waals surface area contributed by atoms with Crippen LogP contribution >= 0.6 is 11.8 Å². The lowest BCUT2D eigenvalue weighted by Gasteiger charge is -2.17. The van der Waals surface area contributed by atoms with Gasteiger partial charge < -0.3 is 10.2 Å². The Hall–Kier alpha value is -0.410. The van der Waals surface area contributed by atoms with Gasteiger partial charge in [-0.15, -0.1) is 11.8 Å². The third-order valence-electron chi connectivity index (χ3n) is 2.10. The van der Waals surface area contributed by atoms with Crippen molar-refractivity contribution in [3.05, 3.63) is 24.2 Å². The maximum atomic E-state index is 5.93. The summed E-state index contributed by atoms with van der Waals surface area (Å²) in [6, 6.07) is 4.07. The Morgan fingerprint density at radius 3 is 2.86 bits per heavy atom. The van der Waals surface area contributed by atoms with Gasteiger partial charge in [-0.2, -0.15) is 0 Å². The van der Waals surface area contributed by atoms with Gasteiger partial charge in [-0.25, -0.2) is 0 Å². The van der Waals surface area contributed by atoms with Crippen LogP contribution < -0.4 is 5.73 Å². The summed E-state index contributed by atoms with van der Waals surface area (Å²) >= 11 is 1.89. The van der Waals surface area contributed by atoms with Crippen LogP contribution in [0, 0.1) is 0 Å². The van der Waals surface area contributed by atoms with Crippen LogP contribution in [0.3, 0.4) is 0 Å². The molecule has 0 aliphatic heterocycles. The summed E-state index contributed by atoms with van der Waals surface area (Å²) in [4.78, 5) is 0. The molecule has 80 valence electrons. The molecule has 2 atom stereocenters. The van der Waals surface area contributed by atoms with Gasteiger partial charge in [0.25, 0.3) is 0 Å². The second-order valence-corrected chi connectivity index (χ2v) is 4.77. The minimum Gasteiger partial charge on any atom is -0.468 e. The maximum Gasteiger partial charge on any atom is 0.118 e. The molecule has 3 heteroatoms. The van der Waals surface area contributed by atoms with Crippen molar-refractivity contribution in [1.82, 2.24) is 0 Å². The third-order valence-corrected chi connectivity index (χ3v) is 3.64. The van der Waals surface area contributed by atoms with Crippen LogP contribution in [-0.4, -0.2) is 11.8 Å². The van der Waals surface area contributed by atoms with Crippen LogP contribution in [0.5, 0.6) is 0 Å². The van der Waals surface area contributed by atoms with Crippen LogP contribution in [0.25, 0.3) is 0 Å². The molecule has 1 aromatic heterocycles. The van der Waals surface area contributed by atoms with Crippen molar-refractivity contribution in [3.63, 3.8) is 0 Å². The highest BCUT2D eigenvalue weighted by Crippen LogP contribution is 2.32. The van der Waals surface area contributed by atoms with Crippen molar-refractivity contribution in [3.8, 4) is 0 Å². The average Bonchev–Trinajstić information content (AvgIpc) is 2.64. The number of furan rings is 1. The molecule has 0 aliphatic rings. The van der Waals surface area contributed by atoms with Crippen LogP contribution in [0.2, 0.25) is 0 Å². The predicted octanol–water partition coefficient (Wildman–Crippen LogP) is 3.20. The molecule has 0 fully saturated rings. The fourth-order valence-corrected chi connectivity index (χ4v) is 2.61. The van der Waals surface area contributed by atoms with E-state index in [1.165, 1.54) is 12.8 Å². The molecule has 0 spiro atoms. The van der Waals surface area contributed by atoms with Gasteiger partial charge in [0.2, 0.25) is 0 Å². The number of unbranched alkanes of at least 4 members (excludes halogenated alkanes) is 1. The highest BCUT2D eigenvalue weighted by atomic mass is 32.2. The number of rotatable bonds is 6. The molecule has 0 aromatic carbocycles. The van der Waals surface area contributed by atoms with Gasteiger partial charge in [0, 0.05) is 6.04 Å². The highest BCUT2D eigenvalue weighted by Gasteiger charge is 2.18. The fourth-order valence-electron chi connectivity index (χ4n) is 1.30. The molecule has 1 heterocycles. The summed E-state index contributed by atoms with van der Waals surface area (Å²) in [6.07, 6.45) is 4.19. The van der Waals surface area contributed by atoms with E-state index in [1.54, 1.807) is 6.26 Å². The lowest BCUT2D eigenvalue weighted by molar-refractivity contribution is 0.486. The van der Waals surface area contributed by atoms with Crippen LogP contribution in [-0.2, 0) is 0 Å². The Morgan fingerprint density at radius 1 is 1.57 bits per heavy atom. The average molecular weight is 213 g/mol. The standard InChI is InChI=1S/C11H19NOS/c1-3-4-8-14-11(9(2)12)10-6-5-7-13-10/h5-7,9,11H,3-4,8,12H2,1-2H3. The summed E-state index contributed by atoms with van der Waals surface area (Å²) in [7, 11) is 0. The van der Waals surface area contributed by atoms with E-state index in [-0.39, 0.29) is 6.04 Å². The SMILES string of the molecule is CCCCSC(c1ccco1)C(C)N. The monoisotopic (exact) mass is 213 g/mol. The van der Waals surface area contributed by atoms with E-state index in [9.17, 15) is 0 Å². The first-order valence-electron chi connectivity index (χ1n) is 5.16. The predicted molar refractivity (Wildman–Crippen MR) is 62.5 cm³/mol. The zero-order valence-electron chi connectivity index (χ0n) is 8.90. The Balaban J connectivity index is 2.48.